The van der Waals surface area contributed by atoms with E-state index < -0.39 is 11.6 Å². The van der Waals surface area contributed by atoms with Crippen LogP contribution < -0.4 is 0 Å². The molecule has 26 heavy (non-hydrogen) atoms. The summed E-state index contributed by atoms with van der Waals surface area (Å²) in [6, 6.07) is 6.41. The maximum atomic E-state index is 14.6. The van der Waals surface area contributed by atoms with Crippen LogP contribution in [0.5, 0.6) is 0 Å². The van der Waals surface area contributed by atoms with Crippen LogP contribution in [0.2, 0.25) is 0 Å². The molecule has 0 saturated carbocycles. The summed E-state index contributed by atoms with van der Waals surface area (Å²) in [4.78, 5) is 4.46. The van der Waals surface area contributed by atoms with Crippen molar-refractivity contribution in [3.05, 3.63) is 65.7 Å². The zero-order valence-corrected chi connectivity index (χ0v) is 14.2. The molecule has 1 aliphatic heterocycles. The second kappa shape index (κ2) is 5.49. The molecule has 4 aromatic rings. The number of aryl methyl sites for hydroxylation is 2. The Bertz CT molecular complexity index is 1160. The van der Waals surface area contributed by atoms with Crippen molar-refractivity contribution in [2.75, 3.05) is 0 Å². The topological polar surface area (TPSA) is 35.1 Å². The van der Waals surface area contributed by atoms with Crippen LogP contribution in [-0.4, -0.2) is 19.2 Å². The molecule has 1 aliphatic rings. The average molecular weight is 350 g/mol. The first-order valence-corrected chi connectivity index (χ1v) is 8.61. The number of hydrogen-bond acceptors (Lipinski definition) is 2. The third-order valence-corrected chi connectivity index (χ3v) is 5.03. The quantitative estimate of drug-likeness (QED) is 0.537. The monoisotopic (exact) mass is 350 g/mol. The lowest BCUT2D eigenvalue weighted by Gasteiger charge is -2.09. The molecule has 1 aromatic carbocycles. The zero-order chi connectivity index (χ0) is 17.8. The highest BCUT2D eigenvalue weighted by atomic mass is 19.1. The van der Waals surface area contributed by atoms with Gasteiger partial charge in [0.2, 0.25) is 0 Å². The Balaban J connectivity index is 1.84. The highest BCUT2D eigenvalue weighted by Crippen LogP contribution is 2.40. The summed E-state index contributed by atoms with van der Waals surface area (Å²) in [5.74, 6) is -1.14. The van der Waals surface area contributed by atoms with Crippen LogP contribution in [0.3, 0.4) is 0 Å². The van der Waals surface area contributed by atoms with Gasteiger partial charge >= 0.3 is 0 Å². The van der Waals surface area contributed by atoms with Crippen LogP contribution in [0.25, 0.3) is 28.0 Å². The number of pyridine rings is 1. The van der Waals surface area contributed by atoms with Crippen molar-refractivity contribution in [1.29, 1.82) is 0 Å². The van der Waals surface area contributed by atoms with E-state index in [-0.39, 0.29) is 0 Å². The minimum absolute atomic E-state index is 0.328. The first-order valence-electron chi connectivity index (χ1n) is 8.61. The first kappa shape index (κ1) is 15.3. The molecule has 5 rings (SSSR count). The van der Waals surface area contributed by atoms with Gasteiger partial charge in [0, 0.05) is 53.6 Å². The number of hydrogen-bond donors (Lipinski definition) is 0. The molecule has 0 bridgehead atoms. The standard InChI is InChI=1S/C20H16F2N4/c1-12-10-14(16(22)11-15(12)21)19-18(17-5-3-8-26(17)24-19)13-4-2-7-25-9-6-23-20(13)25/h2,4,6-7,9-11H,3,5,8H2,1H3. The average Bonchev–Trinajstić information content (AvgIpc) is 3.32. The molecule has 6 heteroatoms. The Hall–Kier alpha value is -3.02. The van der Waals surface area contributed by atoms with Gasteiger partial charge in [-0.2, -0.15) is 5.10 Å². The van der Waals surface area contributed by atoms with Crippen molar-refractivity contribution in [2.45, 2.75) is 26.3 Å². The normalized spacial score (nSPS) is 13.5. The van der Waals surface area contributed by atoms with Gasteiger partial charge in [0.25, 0.3) is 0 Å². The van der Waals surface area contributed by atoms with Crippen molar-refractivity contribution in [3.8, 4) is 22.4 Å². The lowest BCUT2D eigenvalue weighted by Crippen LogP contribution is -1.96. The van der Waals surface area contributed by atoms with E-state index in [2.05, 4.69) is 10.1 Å². The van der Waals surface area contributed by atoms with Gasteiger partial charge in [-0.1, -0.05) is 0 Å². The van der Waals surface area contributed by atoms with Crippen molar-refractivity contribution >= 4 is 5.65 Å². The van der Waals surface area contributed by atoms with Gasteiger partial charge in [-0.05, 0) is 43.5 Å². The van der Waals surface area contributed by atoms with Crippen molar-refractivity contribution in [3.63, 3.8) is 0 Å². The lowest BCUT2D eigenvalue weighted by atomic mass is 9.97. The van der Waals surface area contributed by atoms with E-state index >= 15 is 0 Å². The Morgan fingerprint density at radius 1 is 1.08 bits per heavy atom. The molecule has 4 heterocycles. The molecule has 0 spiro atoms. The van der Waals surface area contributed by atoms with Gasteiger partial charge < -0.3 is 4.40 Å². The van der Waals surface area contributed by atoms with Gasteiger partial charge in [0.15, 0.2) is 0 Å². The summed E-state index contributed by atoms with van der Waals surface area (Å²) < 4.78 is 32.2. The van der Waals surface area contributed by atoms with Crippen molar-refractivity contribution in [2.24, 2.45) is 0 Å². The van der Waals surface area contributed by atoms with E-state index in [4.69, 9.17) is 0 Å². The molecule has 0 atom stereocenters. The zero-order valence-electron chi connectivity index (χ0n) is 14.2. The van der Waals surface area contributed by atoms with Gasteiger partial charge in [0.05, 0.1) is 0 Å². The van der Waals surface area contributed by atoms with E-state index in [0.29, 0.717) is 16.8 Å². The summed E-state index contributed by atoms with van der Waals surface area (Å²) in [6.07, 6.45) is 7.44. The predicted octanol–water partition coefficient (Wildman–Crippen LogP) is 4.40. The minimum atomic E-state index is -0.596. The SMILES string of the molecule is Cc1cc(-c2nn3c(c2-c2cccn4ccnc24)CCC3)c(F)cc1F. The number of rotatable bonds is 2. The first-order chi connectivity index (χ1) is 12.6. The Morgan fingerprint density at radius 3 is 2.85 bits per heavy atom. The van der Waals surface area contributed by atoms with Crippen molar-refractivity contribution < 1.29 is 8.78 Å². The largest absolute Gasteiger partial charge is 0.307 e. The lowest BCUT2D eigenvalue weighted by molar-refractivity contribution is 0.578. The van der Waals surface area contributed by atoms with Crippen LogP contribution >= 0.6 is 0 Å². The van der Waals surface area contributed by atoms with E-state index in [1.165, 1.54) is 6.07 Å². The summed E-state index contributed by atoms with van der Waals surface area (Å²) in [7, 11) is 0. The molecular formula is C20H16F2N4. The summed E-state index contributed by atoms with van der Waals surface area (Å²) in [5, 5.41) is 4.68. The molecule has 0 aliphatic carbocycles. The summed E-state index contributed by atoms with van der Waals surface area (Å²) >= 11 is 0. The fraction of sp³-hybridized carbons (Fsp3) is 0.200. The molecule has 0 N–H and O–H groups in total. The van der Waals surface area contributed by atoms with Gasteiger partial charge in [-0.25, -0.2) is 13.8 Å². The van der Waals surface area contributed by atoms with E-state index in [0.717, 1.165) is 47.9 Å². The van der Waals surface area contributed by atoms with E-state index in [1.54, 1.807) is 13.1 Å². The van der Waals surface area contributed by atoms with Crippen LogP contribution in [0.15, 0.2) is 42.9 Å². The number of fused-ring (bicyclic) bond motifs is 2. The maximum absolute atomic E-state index is 14.6. The summed E-state index contributed by atoms with van der Waals surface area (Å²) in [5.41, 5.74) is 4.97. The molecule has 0 amide bonds. The molecule has 0 unspecified atom stereocenters. The van der Waals surface area contributed by atoms with Gasteiger partial charge in [-0.3, -0.25) is 4.68 Å². The minimum Gasteiger partial charge on any atom is -0.307 e. The number of nitrogens with zero attached hydrogens (tertiary/aromatic N) is 4. The molecule has 0 fully saturated rings. The van der Waals surface area contributed by atoms with Gasteiger partial charge in [-0.15, -0.1) is 0 Å². The molecule has 130 valence electrons. The number of halogens is 2. The highest BCUT2D eigenvalue weighted by Gasteiger charge is 2.27. The van der Waals surface area contributed by atoms with E-state index in [9.17, 15) is 8.78 Å². The molecule has 3 aromatic heterocycles. The number of aromatic nitrogens is 4. The number of benzene rings is 1. The van der Waals surface area contributed by atoms with Crippen LogP contribution in [-0.2, 0) is 13.0 Å². The fourth-order valence-electron chi connectivity index (χ4n) is 3.79. The smallest absolute Gasteiger partial charge is 0.144 e. The Kier molecular flexibility index (Phi) is 3.22. The van der Waals surface area contributed by atoms with Crippen LogP contribution in [0, 0.1) is 18.6 Å². The highest BCUT2D eigenvalue weighted by molar-refractivity contribution is 5.89. The number of imidazole rings is 1. The second-order valence-electron chi connectivity index (χ2n) is 6.66. The third-order valence-electron chi connectivity index (χ3n) is 5.03. The van der Waals surface area contributed by atoms with Crippen LogP contribution in [0.4, 0.5) is 8.78 Å². The maximum Gasteiger partial charge on any atom is 0.144 e. The third kappa shape index (κ3) is 2.11. The Labute approximate surface area is 148 Å². The Morgan fingerprint density at radius 2 is 1.96 bits per heavy atom. The summed E-state index contributed by atoms with van der Waals surface area (Å²) in [6.45, 7) is 2.44. The van der Waals surface area contributed by atoms with E-state index in [1.807, 2.05) is 33.6 Å². The van der Waals surface area contributed by atoms with Crippen LogP contribution in [0.1, 0.15) is 17.7 Å². The fourth-order valence-corrected chi connectivity index (χ4v) is 3.79. The molecule has 0 radical (unpaired) electrons. The molecular weight excluding hydrogens is 334 g/mol. The van der Waals surface area contributed by atoms with Gasteiger partial charge in [0.1, 0.15) is 23.0 Å². The molecule has 0 saturated heterocycles. The second-order valence-corrected chi connectivity index (χ2v) is 6.66. The predicted molar refractivity (Wildman–Crippen MR) is 94.8 cm³/mol. The van der Waals surface area contributed by atoms with Crippen molar-refractivity contribution in [1.82, 2.24) is 19.2 Å². The molecule has 4 nitrogen and oxygen atoms in total.